The summed E-state index contributed by atoms with van der Waals surface area (Å²) in [5.41, 5.74) is 2.59. The van der Waals surface area contributed by atoms with E-state index < -0.39 is 0 Å². The summed E-state index contributed by atoms with van der Waals surface area (Å²) in [6.45, 7) is 0. The standard InChI is InChI=1S/C22H14FN3O2S/c23-13-7-5-12(6-8-13)16-11-29-22-20(16)21(28)25-19(26-22)9-18(27)15-10-24-17-4-2-1-3-14(15)17/h1-8,10-11,24H,9H2,(H,25,26,28). The van der Waals surface area contributed by atoms with Crippen LogP contribution in [-0.4, -0.2) is 20.7 Å². The number of carbonyl (C=O) groups is 1. The van der Waals surface area contributed by atoms with Crippen LogP contribution in [-0.2, 0) is 6.42 Å². The molecule has 0 aliphatic heterocycles. The largest absolute Gasteiger partial charge is 0.360 e. The fraction of sp³-hybridized carbons (Fsp3) is 0.0455. The maximum absolute atomic E-state index is 13.2. The Morgan fingerprint density at radius 1 is 1.10 bits per heavy atom. The number of para-hydroxylation sites is 1. The van der Waals surface area contributed by atoms with E-state index in [9.17, 15) is 14.0 Å². The second-order valence-electron chi connectivity index (χ2n) is 6.70. The Balaban J connectivity index is 1.51. The molecule has 0 amide bonds. The van der Waals surface area contributed by atoms with Crippen LogP contribution < -0.4 is 5.56 Å². The summed E-state index contributed by atoms with van der Waals surface area (Å²) in [6, 6.07) is 13.5. The van der Waals surface area contributed by atoms with Gasteiger partial charge in [0.15, 0.2) is 5.78 Å². The van der Waals surface area contributed by atoms with Gasteiger partial charge in [-0.05, 0) is 23.8 Å². The normalized spacial score (nSPS) is 11.3. The lowest BCUT2D eigenvalue weighted by atomic mass is 10.1. The number of halogens is 1. The summed E-state index contributed by atoms with van der Waals surface area (Å²) in [4.78, 5) is 36.4. The Bertz CT molecular complexity index is 1430. The molecule has 0 bridgehead atoms. The van der Waals surface area contributed by atoms with Crippen molar-refractivity contribution in [3.05, 3.63) is 87.7 Å². The number of rotatable bonds is 4. The monoisotopic (exact) mass is 403 g/mol. The highest BCUT2D eigenvalue weighted by molar-refractivity contribution is 7.17. The predicted octanol–water partition coefficient (Wildman–Crippen LogP) is 4.70. The van der Waals surface area contributed by atoms with Crippen LogP contribution in [0, 0.1) is 5.82 Å². The fourth-order valence-corrected chi connectivity index (χ4v) is 4.44. The van der Waals surface area contributed by atoms with Gasteiger partial charge < -0.3 is 9.97 Å². The molecule has 5 nitrogen and oxygen atoms in total. The molecule has 0 saturated carbocycles. The van der Waals surface area contributed by atoms with Gasteiger partial charge in [0.25, 0.3) is 5.56 Å². The molecule has 2 N–H and O–H groups in total. The van der Waals surface area contributed by atoms with Crippen LogP contribution in [0.4, 0.5) is 4.39 Å². The van der Waals surface area contributed by atoms with Crippen molar-refractivity contribution >= 4 is 38.2 Å². The lowest BCUT2D eigenvalue weighted by Gasteiger charge is -2.02. The number of nitrogens with zero attached hydrogens (tertiary/aromatic N) is 1. The third-order valence-corrected chi connectivity index (χ3v) is 5.74. The first-order chi connectivity index (χ1) is 14.1. The van der Waals surface area contributed by atoms with E-state index in [0.717, 1.165) is 16.5 Å². The van der Waals surface area contributed by atoms with Gasteiger partial charge in [0.2, 0.25) is 0 Å². The number of hydrogen-bond donors (Lipinski definition) is 2. The predicted molar refractivity (Wildman–Crippen MR) is 112 cm³/mol. The van der Waals surface area contributed by atoms with Crippen LogP contribution in [0.25, 0.3) is 32.2 Å². The average molecular weight is 403 g/mol. The number of aromatic amines is 2. The van der Waals surface area contributed by atoms with E-state index in [1.165, 1.54) is 23.5 Å². The second kappa shape index (κ2) is 6.79. The van der Waals surface area contributed by atoms with Gasteiger partial charge in [-0.3, -0.25) is 9.59 Å². The summed E-state index contributed by atoms with van der Waals surface area (Å²) >= 11 is 1.33. The molecule has 3 aromatic heterocycles. The maximum Gasteiger partial charge on any atom is 0.260 e. The van der Waals surface area contributed by atoms with E-state index in [2.05, 4.69) is 15.0 Å². The Labute approximate surface area is 167 Å². The van der Waals surface area contributed by atoms with Crippen LogP contribution in [0.5, 0.6) is 0 Å². The Morgan fingerprint density at radius 3 is 2.72 bits per heavy atom. The highest BCUT2D eigenvalue weighted by atomic mass is 32.1. The molecular formula is C22H14FN3O2S. The third-order valence-electron chi connectivity index (χ3n) is 4.87. The molecule has 7 heteroatoms. The smallest absolute Gasteiger partial charge is 0.260 e. The van der Waals surface area contributed by atoms with Gasteiger partial charge in [-0.15, -0.1) is 11.3 Å². The van der Waals surface area contributed by atoms with Crippen molar-refractivity contribution in [2.24, 2.45) is 0 Å². The molecule has 0 radical (unpaired) electrons. The zero-order chi connectivity index (χ0) is 20.0. The van der Waals surface area contributed by atoms with Gasteiger partial charge in [0.05, 0.1) is 11.8 Å². The molecule has 0 aliphatic rings. The molecule has 29 heavy (non-hydrogen) atoms. The quantitative estimate of drug-likeness (QED) is 0.427. The number of ketones is 1. The van der Waals surface area contributed by atoms with Crippen molar-refractivity contribution in [2.45, 2.75) is 6.42 Å². The summed E-state index contributed by atoms with van der Waals surface area (Å²) < 4.78 is 13.2. The second-order valence-corrected chi connectivity index (χ2v) is 7.56. The maximum atomic E-state index is 13.2. The van der Waals surface area contributed by atoms with E-state index in [-0.39, 0.29) is 23.6 Å². The third kappa shape index (κ3) is 3.05. The summed E-state index contributed by atoms with van der Waals surface area (Å²) in [7, 11) is 0. The molecule has 0 aliphatic carbocycles. The minimum atomic E-state index is -0.335. The van der Waals surface area contributed by atoms with Gasteiger partial charge in [0, 0.05) is 33.6 Å². The lowest BCUT2D eigenvalue weighted by Crippen LogP contribution is -2.14. The van der Waals surface area contributed by atoms with E-state index in [4.69, 9.17) is 0 Å². The molecule has 5 rings (SSSR count). The van der Waals surface area contributed by atoms with Crippen LogP contribution in [0.2, 0.25) is 0 Å². The molecule has 0 fully saturated rings. The molecule has 2 aromatic carbocycles. The number of nitrogens with one attached hydrogen (secondary N) is 2. The SMILES string of the molecule is O=C(Cc1nc2scc(-c3ccc(F)cc3)c2c(=O)[nH]1)c1c[nH]c2ccccc12. The van der Waals surface area contributed by atoms with E-state index >= 15 is 0 Å². The minimum absolute atomic E-state index is 0.00317. The Morgan fingerprint density at radius 2 is 1.90 bits per heavy atom. The summed E-state index contributed by atoms with van der Waals surface area (Å²) in [5, 5.41) is 3.12. The number of benzene rings is 2. The van der Waals surface area contributed by atoms with Crippen molar-refractivity contribution in [3.63, 3.8) is 0 Å². The summed E-state index contributed by atoms with van der Waals surface area (Å²) in [5.74, 6) is -0.135. The Hall–Kier alpha value is -3.58. The van der Waals surface area contributed by atoms with Crippen molar-refractivity contribution < 1.29 is 9.18 Å². The number of carbonyl (C=O) groups excluding carboxylic acids is 1. The fourth-order valence-electron chi connectivity index (χ4n) is 3.47. The van der Waals surface area contributed by atoms with Gasteiger partial charge in [-0.1, -0.05) is 30.3 Å². The Kier molecular flexibility index (Phi) is 4.10. The molecule has 3 heterocycles. The van der Waals surface area contributed by atoms with Crippen molar-refractivity contribution in [3.8, 4) is 11.1 Å². The first-order valence-corrected chi connectivity index (χ1v) is 9.84. The van der Waals surface area contributed by atoms with Crippen LogP contribution in [0.1, 0.15) is 16.2 Å². The van der Waals surface area contributed by atoms with E-state index in [1.54, 1.807) is 18.3 Å². The molecule has 5 aromatic rings. The lowest BCUT2D eigenvalue weighted by molar-refractivity contribution is 0.0992. The van der Waals surface area contributed by atoms with Gasteiger partial charge >= 0.3 is 0 Å². The summed E-state index contributed by atoms with van der Waals surface area (Å²) in [6.07, 6.45) is 1.68. The number of aromatic nitrogens is 3. The number of Topliss-reactive ketones (excluding diaryl/α,β-unsaturated/α-hetero) is 1. The molecule has 0 unspecified atom stereocenters. The highest BCUT2D eigenvalue weighted by Crippen LogP contribution is 2.31. The number of thiophene rings is 1. The minimum Gasteiger partial charge on any atom is -0.360 e. The zero-order valence-corrected chi connectivity index (χ0v) is 15.8. The average Bonchev–Trinajstić information content (AvgIpc) is 3.33. The van der Waals surface area contributed by atoms with Crippen LogP contribution in [0.3, 0.4) is 0 Å². The van der Waals surface area contributed by atoms with Gasteiger partial charge in [-0.2, -0.15) is 0 Å². The number of hydrogen-bond acceptors (Lipinski definition) is 4. The van der Waals surface area contributed by atoms with Gasteiger partial charge in [-0.25, -0.2) is 9.37 Å². The molecule has 0 spiro atoms. The molecule has 0 saturated heterocycles. The zero-order valence-electron chi connectivity index (χ0n) is 15.0. The van der Waals surface area contributed by atoms with Crippen LogP contribution in [0.15, 0.2) is 64.9 Å². The van der Waals surface area contributed by atoms with Crippen LogP contribution >= 0.6 is 11.3 Å². The molecular weight excluding hydrogens is 389 g/mol. The molecule has 0 atom stereocenters. The first-order valence-electron chi connectivity index (χ1n) is 8.96. The van der Waals surface area contributed by atoms with Crippen molar-refractivity contribution in [2.75, 3.05) is 0 Å². The van der Waals surface area contributed by atoms with Crippen molar-refractivity contribution in [1.82, 2.24) is 15.0 Å². The van der Waals surface area contributed by atoms with Gasteiger partial charge in [0.1, 0.15) is 16.5 Å². The number of fused-ring (bicyclic) bond motifs is 2. The number of H-pyrrole nitrogens is 2. The first kappa shape index (κ1) is 17.5. The van der Waals surface area contributed by atoms with E-state index in [0.29, 0.717) is 27.2 Å². The van der Waals surface area contributed by atoms with Crippen molar-refractivity contribution in [1.29, 1.82) is 0 Å². The molecule has 142 valence electrons. The highest BCUT2D eigenvalue weighted by Gasteiger charge is 2.17. The topological polar surface area (TPSA) is 78.6 Å². The van der Waals surface area contributed by atoms with E-state index in [1.807, 2.05) is 29.6 Å².